The van der Waals surface area contributed by atoms with Crippen LogP contribution in [0.5, 0.6) is 5.75 Å². The Morgan fingerprint density at radius 2 is 1.74 bits per heavy atom. The lowest BCUT2D eigenvalue weighted by molar-refractivity contribution is -0.154. The lowest BCUT2D eigenvalue weighted by atomic mass is 10.1. The summed E-state index contributed by atoms with van der Waals surface area (Å²) >= 11 is 0. The van der Waals surface area contributed by atoms with Crippen LogP contribution in [0, 0.1) is 6.92 Å². The molecule has 0 aliphatic carbocycles. The fraction of sp³-hybridized carbons (Fsp3) is 0.667. The predicted octanol–water partition coefficient (Wildman–Crippen LogP) is 4.55. The zero-order valence-corrected chi connectivity index (χ0v) is 21.1. The van der Waals surface area contributed by atoms with E-state index in [2.05, 4.69) is 12.2 Å². The van der Waals surface area contributed by atoms with Crippen molar-refractivity contribution in [2.75, 3.05) is 19.7 Å². The topological polar surface area (TPSA) is 84.9 Å². The van der Waals surface area contributed by atoms with Crippen molar-refractivity contribution in [1.82, 2.24) is 10.2 Å². The largest absolute Gasteiger partial charge is 0.480 e. The fourth-order valence-electron chi connectivity index (χ4n) is 4.16. The smallest absolute Gasteiger partial charge is 0.308 e. The highest BCUT2D eigenvalue weighted by Gasteiger charge is 2.38. The lowest BCUT2D eigenvalue weighted by Gasteiger charge is -2.36. The first-order valence-electron chi connectivity index (χ1n) is 12.9. The van der Waals surface area contributed by atoms with E-state index in [9.17, 15) is 14.4 Å². The number of ether oxygens (including phenoxy) is 2. The van der Waals surface area contributed by atoms with Gasteiger partial charge in [0, 0.05) is 13.1 Å². The summed E-state index contributed by atoms with van der Waals surface area (Å²) in [5.74, 6) is -0.406. The van der Waals surface area contributed by atoms with Gasteiger partial charge in [0.15, 0.2) is 6.10 Å². The second-order valence-electron chi connectivity index (χ2n) is 9.02. The first-order chi connectivity index (χ1) is 16.5. The number of benzene rings is 1. The summed E-state index contributed by atoms with van der Waals surface area (Å²) in [7, 11) is 0. The van der Waals surface area contributed by atoms with Crippen LogP contribution in [0.1, 0.15) is 83.6 Å². The second-order valence-corrected chi connectivity index (χ2v) is 9.02. The van der Waals surface area contributed by atoms with E-state index in [0.717, 1.165) is 24.8 Å². The molecule has 0 aromatic heterocycles. The van der Waals surface area contributed by atoms with Crippen molar-refractivity contribution in [3.63, 3.8) is 0 Å². The Kier molecular flexibility index (Phi) is 12.5. The summed E-state index contributed by atoms with van der Waals surface area (Å²) in [5, 5.41) is 2.76. The molecule has 0 saturated carbocycles. The van der Waals surface area contributed by atoms with Crippen LogP contribution in [0.4, 0.5) is 0 Å². The molecule has 2 unspecified atom stereocenters. The summed E-state index contributed by atoms with van der Waals surface area (Å²) in [6.45, 7) is 7.05. The number of hydrogen-bond acceptors (Lipinski definition) is 5. The van der Waals surface area contributed by atoms with Gasteiger partial charge in [0.25, 0.3) is 5.91 Å². The number of piperazine rings is 1. The van der Waals surface area contributed by atoms with Gasteiger partial charge >= 0.3 is 5.97 Å². The Labute approximate surface area is 204 Å². The number of para-hydroxylation sites is 1. The van der Waals surface area contributed by atoms with Gasteiger partial charge in [-0.1, -0.05) is 77.0 Å². The normalized spacial score (nSPS) is 16.6. The van der Waals surface area contributed by atoms with Gasteiger partial charge in [-0.2, -0.15) is 0 Å². The van der Waals surface area contributed by atoms with Crippen LogP contribution in [-0.4, -0.2) is 54.5 Å². The van der Waals surface area contributed by atoms with Crippen LogP contribution < -0.4 is 10.1 Å². The van der Waals surface area contributed by atoms with E-state index >= 15 is 0 Å². The van der Waals surface area contributed by atoms with Gasteiger partial charge in [-0.05, 0) is 31.4 Å². The minimum Gasteiger partial charge on any atom is -0.480 e. The number of carbonyl (C=O) groups is 3. The molecule has 0 radical (unpaired) electrons. The number of aryl methyl sites for hydroxylation is 1. The van der Waals surface area contributed by atoms with Crippen molar-refractivity contribution in [2.45, 2.75) is 97.1 Å². The standard InChI is InChI=1S/C27H42N2O5/c1-4-6-7-8-9-10-11-14-19-33-25(30)20-22-26(31)28-17-18-29(22)27(32)23(5-2)34-24-16-13-12-15-21(24)3/h12-13,15-16,22-23H,4-11,14,17-20H2,1-3H3,(H,28,31). The summed E-state index contributed by atoms with van der Waals surface area (Å²) in [4.78, 5) is 39.7. The number of rotatable bonds is 15. The van der Waals surface area contributed by atoms with Crippen molar-refractivity contribution >= 4 is 17.8 Å². The molecule has 1 saturated heterocycles. The van der Waals surface area contributed by atoms with E-state index in [1.165, 1.54) is 37.0 Å². The molecule has 1 fully saturated rings. The molecule has 1 N–H and O–H groups in total. The average Bonchev–Trinajstić information content (AvgIpc) is 2.83. The summed E-state index contributed by atoms with van der Waals surface area (Å²) in [6.07, 6.45) is 8.91. The summed E-state index contributed by atoms with van der Waals surface area (Å²) < 4.78 is 11.4. The number of carbonyl (C=O) groups excluding carboxylic acids is 3. The predicted molar refractivity (Wildman–Crippen MR) is 133 cm³/mol. The maximum Gasteiger partial charge on any atom is 0.308 e. The Morgan fingerprint density at radius 3 is 2.41 bits per heavy atom. The number of hydrogen-bond donors (Lipinski definition) is 1. The summed E-state index contributed by atoms with van der Waals surface area (Å²) in [6, 6.07) is 6.65. The molecule has 7 nitrogen and oxygen atoms in total. The molecule has 1 aliphatic heterocycles. The molecule has 0 bridgehead atoms. The molecule has 7 heteroatoms. The van der Waals surface area contributed by atoms with Crippen molar-refractivity contribution < 1.29 is 23.9 Å². The van der Waals surface area contributed by atoms with Crippen LogP contribution in [0.2, 0.25) is 0 Å². The first kappa shape index (κ1) is 27.7. The van der Waals surface area contributed by atoms with Crippen molar-refractivity contribution in [2.24, 2.45) is 0 Å². The van der Waals surface area contributed by atoms with Crippen LogP contribution >= 0.6 is 0 Å². The Morgan fingerprint density at radius 1 is 1.06 bits per heavy atom. The van der Waals surface area contributed by atoms with Crippen LogP contribution in [0.15, 0.2) is 24.3 Å². The third-order valence-corrected chi connectivity index (χ3v) is 6.24. The molecule has 190 valence electrons. The minimum absolute atomic E-state index is 0.143. The van der Waals surface area contributed by atoms with E-state index in [-0.39, 0.29) is 18.2 Å². The number of nitrogens with zero attached hydrogens (tertiary/aromatic N) is 1. The average molecular weight is 475 g/mol. The molecular formula is C27H42N2O5. The van der Waals surface area contributed by atoms with Crippen molar-refractivity contribution in [3.8, 4) is 5.75 Å². The third kappa shape index (κ3) is 8.99. The molecule has 1 aromatic carbocycles. The fourth-order valence-corrected chi connectivity index (χ4v) is 4.16. The van der Waals surface area contributed by atoms with Gasteiger partial charge in [-0.3, -0.25) is 14.4 Å². The second kappa shape index (κ2) is 15.4. The third-order valence-electron chi connectivity index (χ3n) is 6.24. The molecule has 1 aromatic rings. The van der Waals surface area contributed by atoms with Gasteiger partial charge in [-0.15, -0.1) is 0 Å². The zero-order chi connectivity index (χ0) is 24.8. The van der Waals surface area contributed by atoms with Gasteiger partial charge in [0.1, 0.15) is 11.8 Å². The molecule has 2 atom stereocenters. The molecule has 2 rings (SSSR count). The van der Waals surface area contributed by atoms with Gasteiger partial charge in [0.05, 0.1) is 13.0 Å². The van der Waals surface area contributed by atoms with E-state index in [1.54, 1.807) is 0 Å². The maximum atomic E-state index is 13.3. The van der Waals surface area contributed by atoms with Crippen LogP contribution in [0.3, 0.4) is 0 Å². The van der Waals surface area contributed by atoms with Crippen LogP contribution in [-0.2, 0) is 19.1 Å². The number of unbranched alkanes of at least 4 members (excludes halogenated alkanes) is 7. The molecular weight excluding hydrogens is 432 g/mol. The van der Waals surface area contributed by atoms with E-state index < -0.39 is 18.1 Å². The highest BCUT2D eigenvalue weighted by atomic mass is 16.5. The Hall–Kier alpha value is -2.57. The van der Waals surface area contributed by atoms with Crippen LogP contribution in [0.25, 0.3) is 0 Å². The highest BCUT2D eigenvalue weighted by molar-refractivity contribution is 5.93. The molecule has 1 aliphatic rings. The first-order valence-corrected chi connectivity index (χ1v) is 12.9. The van der Waals surface area contributed by atoms with Gasteiger partial charge < -0.3 is 19.7 Å². The summed E-state index contributed by atoms with van der Waals surface area (Å²) in [5.41, 5.74) is 0.936. The van der Waals surface area contributed by atoms with E-state index in [4.69, 9.17) is 9.47 Å². The van der Waals surface area contributed by atoms with Gasteiger partial charge in [-0.25, -0.2) is 0 Å². The molecule has 2 amide bonds. The SMILES string of the molecule is CCCCCCCCCCOC(=O)CC1C(=O)NCCN1C(=O)C(CC)Oc1ccccc1C. The monoisotopic (exact) mass is 474 g/mol. The zero-order valence-electron chi connectivity index (χ0n) is 21.1. The number of esters is 1. The van der Waals surface area contributed by atoms with E-state index in [0.29, 0.717) is 31.9 Å². The number of amides is 2. The lowest BCUT2D eigenvalue weighted by Crippen LogP contribution is -2.60. The minimum atomic E-state index is -0.873. The highest BCUT2D eigenvalue weighted by Crippen LogP contribution is 2.21. The Bertz CT molecular complexity index is 782. The number of nitrogens with one attached hydrogen (secondary N) is 1. The molecule has 34 heavy (non-hydrogen) atoms. The van der Waals surface area contributed by atoms with E-state index in [1.807, 2.05) is 38.1 Å². The van der Waals surface area contributed by atoms with Crippen molar-refractivity contribution in [3.05, 3.63) is 29.8 Å². The maximum absolute atomic E-state index is 13.3. The van der Waals surface area contributed by atoms with Crippen molar-refractivity contribution in [1.29, 1.82) is 0 Å². The quantitative estimate of drug-likeness (QED) is 0.298. The molecule has 0 spiro atoms. The molecule has 1 heterocycles. The Balaban J connectivity index is 1.84. The van der Waals surface area contributed by atoms with Gasteiger partial charge in [0.2, 0.25) is 5.91 Å².